The maximum atomic E-state index is 8.58. The quantitative estimate of drug-likeness (QED) is 0.799. The zero-order chi connectivity index (χ0) is 11.3. The molecule has 0 aliphatic carbocycles. The first kappa shape index (κ1) is 12.2. The average molecular weight is 244 g/mol. The summed E-state index contributed by atoms with van der Waals surface area (Å²) < 4.78 is 5.58. The van der Waals surface area contributed by atoms with Crippen LogP contribution in [0.3, 0.4) is 0 Å². The normalized spacial score (nSPS) is 11.9. The van der Waals surface area contributed by atoms with Crippen molar-refractivity contribution in [1.29, 1.82) is 5.26 Å². The van der Waals surface area contributed by atoms with Gasteiger partial charge in [0.2, 0.25) is 0 Å². The zero-order valence-electron chi connectivity index (χ0n) is 8.34. The predicted octanol–water partition coefficient (Wildman–Crippen LogP) is 4.06. The first-order valence-corrected chi connectivity index (χ1v) is 5.42. The van der Waals surface area contributed by atoms with Crippen LogP contribution in [-0.2, 0) is 0 Å². The van der Waals surface area contributed by atoms with Crippen molar-refractivity contribution in [2.75, 3.05) is 0 Å². The van der Waals surface area contributed by atoms with Gasteiger partial charge >= 0.3 is 0 Å². The third-order valence-electron chi connectivity index (χ3n) is 1.98. The van der Waals surface area contributed by atoms with Crippen LogP contribution in [0.15, 0.2) is 18.2 Å². The van der Waals surface area contributed by atoms with Crippen LogP contribution < -0.4 is 4.74 Å². The Morgan fingerprint density at radius 3 is 2.80 bits per heavy atom. The summed E-state index contributed by atoms with van der Waals surface area (Å²) in [7, 11) is 0. The molecule has 80 valence electrons. The van der Waals surface area contributed by atoms with Gasteiger partial charge in [-0.15, -0.1) is 0 Å². The van der Waals surface area contributed by atoms with E-state index in [0.717, 1.165) is 6.42 Å². The molecular formula is C11H11Cl2NO. The largest absolute Gasteiger partial charge is 0.488 e. The molecule has 0 heterocycles. The van der Waals surface area contributed by atoms with E-state index in [0.29, 0.717) is 22.2 Å². The smallest absolute Gasteiger partial charge is 0.139 e. The summed E-state index contributed by atoms with van der Waals surface area (Å²) in [4.78, 5) is 0. The highest BCUT2D eigenvalue weighted by Crippen LogP contribution is 2.32. The summed E-state index contributed by atoms with van der Waals surface area (Å²) in [5, 5.41) is 9.44. The Kier molecular flexibility index (Phi) is 4.74. The lowest BCUT2D eigenvalue weighted by molar-refractivity contribution is 0.202. The van der Waals surface area contributed by atoms with E-state index in [2.05, 4.69) is 6.07 Å². The molecule has 0 saturated heterocycles. The predicted molar refractivity (Wildman–Crippen MR) is 61.4 cm³/mol. The highest BCUT2D eigenvalue weighted by atomic mass is 35.5. The molecule has 1 rings (SSSR count). The van der Waals surface area contributed by atoms with E-state index in [9.17, 15) is 0 Å². The molecule has 4 heteroatoms. The van der Waals surface area contributed by atoms with Crippen LogP contribution in [0.2, 0.25) is 10.0 Å². The van der Waals surface area contributed by atoms with E-state index in [4.69, 9.17) is 33.2 Å². The van der Waals surface area contributed by atoms with E-state index in [1.807, 2.05) is 6.92 Å². The standard InChI is InChI=1S/C11H11Cl2NO/c1-2-8(6-7-14)15-10-5-3-4-9(12)11(10)13/h3-5,8H,2,6H2,1H3. The number of nitrogens with zero attached hydrogens (tertiary/aromatic N) is 1. The average Bonchev–Trinajstić information content (AvgIpc) is 2.24. The van der Waals surface area contributed by atoms with Crippen molar-refractivity contribution in [3.05, 3.63) is 28.2 Å². The lowest BCUT2D eigenvalue weighted by atomic mass is 10.2. The SMILES string of the molecule is CCC(CC#N)Oc1cccc(Cl)c1Cl. The van der Waals surface area contributed by atoms with Gasteiger partial charge in [-0.2, -0.15) is 5.26 Å². The van der Waals surface area contributed by atoms with Gasteiger partial charge < -0.3 is 4.74 Å². The van der Waals surface area contributed by atoms with Crippen LogP contribution in [0.25, 0.3) is 0 Å². The fourth-order valence-corrected chi connectivity index (χ4v) is 1.46. The number of nitriles is 1. The third-order valence-corrected chi connectivity index (χ3v) is 2.79. The summed E-state index contributed by atoms with van der Waals surface area (Å²) in [5.74, 6) is 0.534. The van der Waals surface area contributed by atoms with Gasteiger partial charge in [0.1, 0.15) is 16.9 Å². The van der Waals surface area contributed by atoms with Crippen LogP contribution in [0, 0.1) is 11.3 Å². The van der Waals surface area contributed by atoms with Crippen molar-refractivity contribution in [1.82, 2.24) is 0 Å². The Bertz CT molecular complexity index is 373. The van der Waals surface area contributed by atoms with Crippen molar-refractivity contribution in [3.63, 3.8) is 0 Å². The monoisotopic (exact) mass is 243 g/mol. The van der Waals surface area contributed by atoms with Crippen molar-refractivity contribution in [2.45, 2.75) is 25.9 Å². The second-order valence-electron chi connectivity index (χ2n) is 3.06. The third kappa shape index (κ3) is 3.30. The maximum Gasteiger partial charge on any atom is 0.139 e. The summed E-state index contributed by atoms with van der Waals surface area (Å²) in [6, 6.07) is 7.28. The summed E-state index contributed by atoms with van der Waals surface area (Å²) >= 11 is 11.8. The van der Waals surface area contributed by atoms with Gasteiger partial charge in [0.05, 0.1) is 17.5 Å². The highest BCUT2D eigenvalue weighted by molar-refractivity contribution is 6.42. The minimum Gasteiger partial charge on any atom is -0.488 e. The van der Waals surface area contributed by atoms with E-state index < -0.39 is 0 Å². The van der Waals surface area contributed by atoms with Crippen molar-refractivity contribution in [3.8, 4) is 11.8 Å². The Hall–Kier alpha value is -0.910. The Morgan fingerprint density at radius 2 is 2.20 bits per heavy atom. The molecule has 0 spiro atoms. The molecule has 0 radical (unpaired) electrons. The van der Waals surface area contributed by atoms with Gasteiger partial charge in [-0.3, -0.25) is 0 Å². The lowest BCUT2D eigenvalue weighted by Crippen LogP contribution is -2.14. The number of benzene rings is 1. The molecule has 0 bridgehead atoms. The molecule has 2 nitrogen and oxygen atoms in total. The van der Waals surface area contributed by atoms with Crippen molar-refractivity contribution >= 4 is 23.2 Å². The Labute approximate surface area is 99.4 Å². The van der Waals surface area contributed by atoms with Gasteiger partial charge in [-0.05, 0) is 18.6 Å². The molecule has 0 aliphatic rings. The Balaban J connectivity index is 2.80. The van der Waals surface area contributed by atoms with E-state index >= 15 is 0 Å². The minimum atomic E-state index is -0.133. The van der Waals surface area contributed by atoms with E-state index in [1.165, 1.54) is 0 Å². The molecule has 0 aromatic heterocycles. The summed E-state index contributed by atoms with van der Waals surface area (Å²) in [5.41, 5.74) is 0. The molecule has 0 fully saturated rings. The minimum absolute atomic E-state index is 0.133. The number of ether oxygens (including phenoxy) is 1. The van der Waals surface area contributed by atoms with Gasteiger partial charge in [0, 0.05) is 0 Å². The van der Waals surface area contributed by atoms with Gasteiger partial charge in [0.25, 0.3) is 0 Å². The molecule has 0 N–H and O–H groups in total. The van der Waals surface area contributed by atoms with Gasteiger partial charge in [0.15, 0.2) is 0 Å². The molecule has 1 aromatic rings. The second kappa shape index (κ2) is 5.85. The second-order valence-corrected chi connectivity index (χ2v) is 3.85. The first-order chi connectivity index (χ1) is 7.19. The van der Waals surface area contributed by atoms with Crippen molar-refractivity contribution in [2.24, 2.45) is 0 Å². The molecule has 0 aliphatic heterocycles. The Morgan fingerprint density at radius 1 is 1.47 bits per heavy atom. The first-order valence-electron chi connectivity index (χ1n) is 4.66. The van der Waals surface area contributed by atoms with Gasteiger partial charge in [-0.1, -0.05) is 36.2 Å². The summed E-state index contributed by atoms with van der Waals surface area (Å²) in [6.45, 7) is 1.96. The molecule has 1 atom stereocenters. The fraction of sp³-hybridized carbons (Fsp3) is 0.364. The number of hydrogen-bond acceptors (Lipinski definition) is 2. The number of hydrogen-bond donors (Lipinski definition) is 0. The van der Waals surface area contributed by atoms with Crippen LogP contribution >= 0.6 is 23.2 Å². The topological polar surface area (TPSA) is 33.0 Å². The molecule has 1 aromatic carbocycles. The fourth-order valence-electron chi connectivity index (χ4n) is 1.13. The number of rotatable bonds is 4. The van der Waals surface area contributed by atoms with Gasteiger partial charge in [-0.25, -0.2) is 0 Å². The van der Waals surface area contributed by atoms with Crippen LogP contribution in [0.5, 0.6) is 5.75 Å². The van der Waals surface area contributed by atoms with Crippen LogP contribution in [-0.4, -0.2) is 6.10 Å². The lowest BCUT2D eigenvalue weighted by Gasteiger charge is -2.15. The molecular weight excluding hydrogens is 233 g/mol. The van der Waals surface area contributed by atoms with Crippen molar-refractivity contribution < 1.29 is 4.74 Å². The highest BCUT2D eigenvalue weighted by Gasteiger charge is 2.11. The molecule has 0 amide bonds. The van der Waals surface area contributed by atoms with Crippen LogP contribution in [0.1, 0.15) is 19.8 Å². The van der Waals surface area contributed by atoms with E-state index in [1.54, 1.807) is 18.2 Å². The molecule has 0 saturated carbocycles. The van der Waals surface area contributed by atoms with E-state index in [-0.39, 0.29) is 6.10 Å². The number of halogens is 2. The molecule has 1 unspecified atom stereocenters. The zero-order valence-corrected chi connectivity index (χ0v) is 9.85. The molecule has 15 heavy (non-hydrogen) atoms. The maximum absolute atomic E-state index is 8.58. The summed E-state index contributed by atoms with van der Waals surface area (Å²) in [6.07, 6.45) is 0.974. The van der Waals surface area contributed by atoms with Crippen LogP contribution in [0.4, 0.5) is 0 Å².